The molecule has 2 aromatic heterocycles. The lowest BCUT2D eigenvalue weighted by atomic mass is 10.0. The second kappa shape index (κ2) is 6.96. The van der Waals surface area contributed by atoms with Gasteiger partial charge in [0.1, 0.15) is 18.2 Å². The molecule has 1 aromatic carbocycles. The molecule has 5 nitrogen and oxygen atoms in total. The Morgan fingerprint density at radius 3 is 2.85 bits per heavy atom. The highest BCUT2D eigenvalue weighted by atomic mass is 32.1. The van der Waals surface area contributed by atoms with Crippen LogP contribution in [-0.2, 0) is 20.1 Å². The summed E-state index contributed by atoms with van der Waals surface area (Å²) in [7, 11) is 1.94. The summed E-state index contributed by atoms with van der Waals surface area (Å²) >= 11 is 1.78. The quantitative estimate of drug-likeness (QED) is 0.704. The predicted octanol–water partition coefficient (Wildman–Crippen LogP) is 3.82. The van der Waals surface area contributed by atoms with Crippen LogP contribution in [0.4, 0.5) is 0 Å². The van der Waals surface area contributed by atoms with Crippen LogP contribution in [0.2, 0.25) is 0 Å². The molecule has 0 spiro atoms. The van der Waals surface area contributed by atoms with Crippen molar-refractivity contribution in [2.75, 3.05) is 6.54 Å². The molecule has 1 unspecified atom stereocenters. The van der Waals surface area contributed by atoms with Crippen LogP contribution in [0.5, 0.6) is 5.75 Å². The Kier molecular flexibility index (Phi) is 4.51. The number of benzene rings is 1. The number of fused-ring (bicyclic) bond motifs is 1. The summed E-state index contributed by atoms with van der Waals surface area (Å²) in [4.78, 5) is 20.5. The van der Waals surface area contributed by atoms with E-state index in [1.54, 1.807) is 17.5 Å². The number of ether oxygens (including phenoxy) is 1. The third kappa shape index (κ3) is 3.12. The molecule has 6 heteroatoms. The zero-order valence-electron chi connectivity index (χ0n) is 14.9. The first-order valence-electron chi connectivity index (χ1n) is 8.70. The molecule has 1 aliphatic heterocycles. The number of amides is 1. The maximum absolute atomic E-state index is 12.9. The molecule has 0 saturated heterocycles. The maximum atomic E-state index is 12.9. The van der Waals surface area contributed by atoms with Crippen LogP contribution in [0.1, 0.15) is 39.6 Å². The normalized spacial score (nSPS) is 16.4. The number of rotatable bonds is 4. The van der Waals surface area contributed by atoms with Gasteiger partial charge in [0.25, 0.3) is 5.91 Å². The molecular formula is C20H21N3O2S. The van der Waals surface area contributed by atoms with Gasteiger partial charge in [0.15, 0.2) is 0 Å². The Labute approximate surface area is 156 Å². The SMILES string of the molecule is CC1c2ccsc2CCN1C(=O)c1ccc(OCc2nccn2C)cc1. The molecule has 0 saturated carbocycles. The molecule has 0 fully saturated rings. The lowest BCUT2D eigenvalue weighted by Crippen LogP contribution is -2.38. The van der Waals surface area contributed by atoms with Gasteiger partial charge in [0.2, 0.25) is 0 Å². The molecular weight excluding hydrogens is 346 g/mol. The standard InChI is InChI=1S/C20H21N3O2S/c1-14-17-8-12-26-18(17)7-10-23(14)20(24)15-3-5-16(6-4-15)25-13-19-21-9-11-22(19)2/h3-6,8-9,11-12,14H,7,10,13H2,1-2H3. The molecule has 4 rings (SSSR count). The van der Waals surface area contributed by atoms with Crippen molar-refractivity contribution in [2.24, 2.45) is 7.05 Å². The molecule has 0 bridgehead atoms. The van der Waals surface area contributed by atoms with Gasteiger partial charge < -0.3 is 14.2 Å². The van der Waals surface area contributed by atoms with E-state index in [1.807, 2.05) is 47.0 Å². The molecule has 1 aliphatic rings. The number of aryl methyl sites for hydroxylation is 1. The summed E-state index contributed by atoms with van der Waals surface area (Å²) < 4.78 is 7.69. The Morgan fingerprint density at radius 2 is 2.12 bits per heavy atom. The van der Waals surface area contributed by atoms with Crippen molar-refractivity contribution in [1.29, 1.82) is 0 Å². The average Bonchev–Trinajstić information content (AvgIpc) is 3.29. The summed E-state index contributed by atoms with van der Waals surface area (Å²) in [5.41, 5.74) is 1.98. The number of imidazole rings is 1. The van der Waals surface area contributed by atoms with Crippen molar-refractivity contribution in [2.45, 2.75) is 26.0 Å². The zero-order chi connectivity index (χ0) is 18.1. The van der Waals surface area contributed by atoms with Gasteiger partial charge in [0, 0.05) is 36.4 Å². The summed E-state index contributed by atoms with van der Waals surface area (Å²) in [5, 5.41) is 2.11. The van der Waals surface area contributed by atoms with Crippen LogP contribution < -0.4 is 4.74 Å². The van der Waals surface area contributed by atoms with E-state index in [2.05, 4.69) is 23.4 Å². The molecule has 134 valence electrons. The van der Waals surface area contributed by atoms with E-state index in [0.717, 1.165) is 24.5 Å². The molecule has 3 heterocycles. The van der Waals surface area contributed by atoms with Gasteiger partial charge in [-0.05, 0) is 54.6 Å². The van der Waals surface area contributed by atoms with Crippen LogP contribution in [0.15, 0.2) is 48.1 Å². The van der Waals surface area contributed by atoms with Gasteiger partial charge in [0.05, 0.1) is 6.04 Å². The van der Waals surface area contributed by atoms with E-state index in [-0.39, 0.29) is 11.9 Å². The van der Waals surface area contributed by atoms with Crippen LogP contribution in [-0.4, -0.2) is 26.9 Å². The van der Waals surface area contributed by atoms with E-state index in [9.17, 15) is 4.79 Å². The third-order valence-electron chi connectivity index (χ3n) is 4.93. The Balaban J connectivity index is 1.43. The number of carbonyl (C=O) groups excluding carboxylic acids is 1. The first-order valence-corrected chi connectivity index (χ1v) is 9.58. The number of nitrogens with zero attached hydrogens (tertiary/aromatic N) is 3. The van der Waals surface area contributed by atoms with Gasteiger partial charge >= 0.3 is 0 Å². The van der Waals surface area contributed by atoms with Gasteiger partial charge in [-0.2, -0.15) is 0 Å². The average molecular weight is 367 g/mol. The van der Waals surface area contributed by atoms with Crippen LogP contribution >= 0.6 is 11.3 Å². The highest BCUT2D eigenvalue weighted by molar-refractivity contribution is 7.10. The second-order valence-corrected chi connectivity index (χ2v) is 7.49. The van der Waals surface area contributed by atoms with Crippen molar-refractivity contribution < 1.29 is 9.53 Å². The number of aromatic nitrogens is 2. The maximum Gasteiger partial charge on any atom is 0.254 e. The lowest BCUT2D eigenvalue weighted by Gasteiger charge is -2.33. The summed E-state index contributed by atoms with van der Waals surface area (Å²) in [6.45, 7) is 3.28. The fourth-order valence-corrected chi connectivity index (χ4v) is 4.29. The first-order chi connectivity index (χ1) is 12.6. The zero-order valence-corrected chi connectivity index (χ0v) is 15.7. The highest BCUT2D eigenvalue weighted by Gasteiger charge is 2.28. The van der Waals surface area contributed by atoms with E-state index in [0.29, 0.717) is 12.2 Å². The van der Waals surface area contributed by atoms with Crippen LogP contribution in [0.3, 0.4) is 0 Å². The Morgan fingerprint density at radius 1 is 1.31 bits per heavy atom. The van der Waals surface area contributed by atoms with E-state index < -0.39 is 0 Å². The summed E-state index contributed by atoms with van der Waals surface area (Å²) in [6, 6.07) is 9.63. The summed E-state index contributed by atoms with van der Waals surface area (Å²) in [6.07, 6.45) is 4.58. The molecule has 1 amide bonds. The van der Waals surface area contributed by atoms with E-state index in [4.69, 9.17) is 4.74 Å². The van der Waals surface area contributed by atoms with E-state index in [1.165, 1.54) is 10.4 Å². The Bertz CT molecular complexity index is 913. The smallest absolute Gasteiger partial charge is 0.254 e. The number of hydrogen-bond donors (Lipinski definition) is 0. The van der Waals surface area contributed by atoms with Crippen molar-refractivity contribution >= 4 is 17.2 Å². The van der Waals surface area contributed by atoms with E-state index >= 15 is 0 Å². The fraction of sp³-hybridized carbons (Fsp3) is 0.300. The second-order valence-electron chi connectivity index (χ2n) is 6.49. The van der Waals surface area contributed by atoms with Crippen LogP contribution in [0.25, 0.3) is 0 Å². The van der Waals surface area contributed by atoms with Crippen molar-refractivity contribution in [3.63, 3.8) is 0 Å². The van der Waals surface area contributed by atoms with Crippen LogP contribution in [0, 0.1) is 0 Å². The highest BCUT2D eigenvalue weighted by Crippen LogP contribution is 2.33. The number of hydrogen-bond acceptors (Lipinski definition) is 4. The molecule has 1 atom stereocenters. The molecule has 26 heavy (non-hydrogen) atoms. The molecule has 3 aromatic rings. The fourth-order valence-electron chi connectivity index (χ4n) is 3.33. The minimum absolute atomic E-state index is 0.0741. The summed E-state index contributed by atoms with van der Waals surface area (Å²) in [5.74, 6) is 1.67. The lowest BCUT2D eigenvalue weighted by molar-refractivity contribution is 0.0679. The van der Waals surface area contributed by atoms with Crippen molar-refractivity contribution in [3.05, 3.63) is 69.9 Å². The molecule has 0 aliphatic carbocycles. The number of carbonyl (C=O) groups is 1. The van der Waals surface area contributed by atoms with Crippen molar-refractivity contribution in [3.8, 4) is 5.75 Å². The minimum atomic E-state index is 0.0741. The van der Waals surface area contributed by atoms with Gasteiger partial charge in [-0.15, -0.1) is 11.3 Å². The third-order valence-corrected chi connectivity index (χ3v) is 5.92. The van der Waals surface area contributed by atoms with Crippen molar-refractivity contribution in [1.82, 2.24) is 14.5 Å². The number of thiophene rings is 1. The first kappa shape index (κ1) is 16.8. The monoisotopic (exact) mass is 367 g/mol. The van der Waals surface area contributed by atoms with Gasteiger partial charge in [-0.1, -0.05) is 0 Å². The molecule has 0 radical (unpaired) electrons. The topological polar surface area (TPSA) is 47.4 Å². The van der Waals surface area contributed by atoms with Gasteiger partial charge in [-0.25, -0.2) is 4.98 Å². The molecule has 0 N–H and O–H groups in total. The predicted molar refractivity (Wildman–Crippen MR) is 101 cm³/mol. The minimum Gasteiger partial charge on any atom is -0.486 e. The Hall–Kier alpha value is -2.60. The largest absolute Gasteiger partial charge is 0.486 e. The van der Waals surface area contributed by atoms with Gasteiger partial charge in [-0.3, -0.25) is 4.79 Å².